The number of aryl methyl sites for hydroxylation is 1. The smallest absolute Gasteiger partial charge is 0.251 e. The molecule has 0 bridgehead atoms. The Labute approximate surface area is 142 Å². The summed E-state index contributed by atoms with van der Waals surface area (Å²) in [7, 11) is 0. The Kier molecular flexibility index (Phi) is 6.49. The van der Waals surface area contributed by atoms with Crippen molar-refractivity contribution >= 4 is 5.91 Å². The van der Waals surface area contributed by atoms with E-state index in [0.29, 0.717) is 30.4 Å². The summed E-state index contributed by atoms with van der Waals surface area (Å²) in [5.74, 6) is 0.757. The van der Waals surface area contributed by atoms with Crippen LogP contribution in [0.1, 0.15) is 42.6 Å². The van der Waals surface area contributed by atoms with Crippen molar-refractivity contribution in [3.8, 4) is 5.69 Å². The van der Waals surface area contributed by atoms with Crippen molar-refractivity contribution < 1.29 is 9.90 Å². The molecular formula is C18H26N4O2. The quantitative estimate of drug-likeness (QED) is 0.778. The minimum atomic E-state index is -0.0880. The average molecular weight is 330 g/mol. The van der Waals surface area contributed by atoms with Gasteiger partial charge in [0.2, 0.25) is 0 Å². The van der Waals surface area contributed by atoms with Gasteiger partial charge in [-0.1, -0.05) is 13.8 Å². The third kappa shape index (κ3) is 4.89. The molecule has 1 heterocycles. The highest BCUT2D eigenvalue weighted by atomic mass is 16.3. The summed E-state index contributed by atoms with van der Waals surface area (Å²) < 4.78 is 1.68. The molecule has 6 nitrogen and oxygen atoms in total. The molecule has 6 heteroatoms. The minimum absolute atomic E-state index is 0.0880. The fraction of sp³-hybridized carbons (Fsp3) is 0.500. The van der Waals surface area contributed by atoms with Crippen molar-refractivity contribution in [3.63, 3.8) is 0 Å². The van der Waals surface area contributed by atoms with E-state index in [4.69, 9.17) is 5.11 Å². The maximum Gasteiger partial charge on any atom is 0.251 e. The zero-order valence-corrected chi connectivity index (χ0v) is 14.6. The largest absolute Gasteiger partial charge is 0.396 e. The van der Waals surface area contributed by atoms with Crippen LogP contribution in [0, 0.1) is 18.8 Å². The molecule has 1 aromatic heterocycles. The number of nitrogens with one attached hydrogen (secondary N) is 1. The number of aliphatic hydroxyl groups excluding tert-OH is 1. The highest BCUT2D eigenvalue weighted by Crippen LogP contribution is 2.16. The van der Waals surface area contributed by atoms with Gasteiger partial charge in [-0.3, -0.25) is 4.79 Å². The van der Waals surface area contributed by atoms with E-state index in [9.17, 15) is 4.79 Å². The summed E-state index contributed by atoms with van der Waals surface area (Å²) in [5, 5.41) is 16.3. The first kappa shape index (κ1) is 18.1. The van der Waals surface area contributed by atoms with Gasteiger partial charge in [0, 0.05) is 18.7 Å². The van der Waals surface area contributed by atoms with E-state index in [-0.39, 0.29) is 12.5 Å². The fourth-order valence-corrected chi connectivity index (χ4v) is 2.88. The molecule has 0 aliphatic rings. The van der Waals surface area contributed by atoms with Crippen molar-refractivity contribution in [1.29, 1.82) is 0 Å². The van der Waals surface area contributed by atoms with Crippen LogP contribution in [0.2, 0.25) is 0 Å². The number of amides is 1. The number of carbonyl (C=O) groups is 1. The predicted octanol–water partition coefficient (Wildman–Crippen LogP) is 2.35. The molecule has 0 aliphatic carbocycles. The Morgan fingerprint density at radius 2 is 2.17 bits per heavy atom. The number of nitrogens with zero attached hydrogens (tertiary/aromatic N) is 3. The molecule has 130 valence electrons. The molecule has 2 N–H and O–H groups in total. The first-order chi connectivity index (χ1) is 11.5. The number of benzene rings is 1. The molecule has 2 rings (SSSR count). The van der Waals surface area contributed by atoms with E-state index < -0.39 is 0 Å². The first-order valence-electron chi connectivity index (χ1n) is 8.36. The lowest BCUT2D eigenvalue weighted by Gasteiger charge is -2.18. The van der Waals surface area contributed by atoms with Gasteiger partial charge in [-0.05, 0) is 55.4 Å². The van der Waals surface area contributed by atoms with Gasteiger partial charge in [0.1, 0.15) is 12.7 Å². The highest BCUT2D eigenvalue weighted by molar-refractivity contribution is 5.94. The molecule has 1 atom stereocenters. The third-order valence-electron chi connectivity index (χ3n) is 4.02. The second-order valence-corrected chi connectivity index (χ2v) is 6.56. The van der Waals surface area contributed by atoms with Crippen LogP contribution in [-0.2, 0) is 0 Å². The fourth-order valence-electron chi connectivity index (χ4n) is 2.88. The zero-order valence-electron chi connectivity index (χ0n) is 14.6. The number of aliphatic hydroxyl groups is 1. The lowest BCUT2D eigenvalue weighted by atomic mass is 9.94. The van der Waals surface area contributed by atoms with Crippen molar-refractivity contribution in [3.05, 3.63) is 42.0 Å². The van der Waals surface area contributed by atoms with Gasteiger partial charge in [-0.15, -0.1) is 0 Å². The van der Waals surface area contributed by atoms with Gasteiger partial charge in [-0.2, -0.15) is 5.10 Å². The van der Waals surface area contributed by atoms with E-state index in [1.54, 1.807) is 17.1 Å². The summed E-state index contributed by atoms with van der Waals surface area (Å²) in [6.45, 7) is 6.98. The van der Waals surface area contributed by atoms with Gasteiger partial charge >= 0.3 is 0 Å². The molecule has 0 radical (unpaired) electrons. The summed E-state index contributed by atoms with van der Waals surface area (Å²) >= 11 is 0. The van der Waals surface area contributed by atoms with Gasteiger partial charge in [0.05, 0.1) is 5.69 Å². The normalized spacial score (nSPS) is 12.4. The molecule has 1 unspecified atom stereocenters. The Balaban J connectivity index is 2.00. The van der Waals surface area contributed by atoms with Crippen LogP contribution in [-0.4, -0.2) is 38.9 Å². The number of hydrogen-bond acceptors (Lipinski definition) is 4. The van der Waals surface area contributed by atoms with Crippen molar-refractivity contribution in [2.75, 3.05) is 13.2 Å². The predicted molar refractivity (Wildman–Crippen MR) is 93.1 cm³/mol. The number of aromatic nitrogens is 3. The summed E-state index contributed by atoms with van der Waals surface area (Å²) in [4.78, 5) is 16.3. The van der Waals surface area contributed by atoms with E-state index in [1.165, 1.54) is 6.33 Å². The van der Waals surface area contributed by atoms with Gasteiger partial charge in [-0.25, -0.2) is 9.67 Å². The third-order valence-corrected chi connectivity index (χ3v) is 4.02. The molecule has 1 aromatic carbocycles. The second kappa shape index (κ2) is 8.59. The summed E-state index contributed by atoms with van der Waals surface area (Å²) in [6.07, 6.45) is 4.82. The topological polar surface area (TPSA) is 80.0 Å². The Hall–Kier alpha value is -2.21. The van der Waals surface area contributed by atoms with Crippen LogP contribution in [0.15, 0.2) is 30.9 Å². The first-order valence-corrected chi connectivity index (χ1v) is 8.36. The number of carbonyl (C=O) groups excluding carboxylic acids is 1. The highest BCUT2D eigenvalue weighted by Gasteiger charge is 2.14. The van der Waals surface area contributed by atoms with E-state index in [0.717, 1.165) is 17.7 Å². The van der Waals surface area contributed by atoms with Crippen LogP contribution < -0.4 is 5.32 Å². The molecule has 1 amide bonds. The lowest BCUT2D eigenvalue weighted by Crippen LogP contribution is -2.30. The molecule has 0 saturated heterocycles. The SMILES string of the molecule is Cc1cc(C(=O)NCC(CCO)CC(C)C)ccc1-n1cncn1. The average Bonchev–Trinajstić information content (AvgIpc) is 3.06. The molecule has 2 aromatic rings. The lowest BCUT2D eigenvalue weighted by molar-refractivity contribution is 0.0941. The molecule has 0 saturated carbocycles. The van der Waals surface area contributed by atoms with Gasteiger partial charge in [0.15, 0.2) is 0 Å². The van der Waals surface area contributed by atoms with Crippen molar-refractivity contribution in [1.82, 2.24) is 20.1 Å². The van der Waals surface area contributed by atoms with Gasteiger partial charge in [0.25, 0.3) is 5.91 Å². The molecular weight excluding hydrogens is 304 g/mol. The van der Waals surface area contributed by atoms with E-state index >= 15 is 0 Å². The maximum atomic E-state index is 12.4. The molecule has 0 fully saturated rings. The van der Waals surface area contributed by atoms with Gasteiger partial charge < -0.3 is 10.4 Å². The van der Waals surface area contributed by atoms with Crippen LogP contribution in [0.25, 0.3) is 5.69 Å². The summed E-state index contributed by atoms with van der Waals surface area (Å²) in [6, 6.07) is 5.52. The van der Waals surface area contributed by atoms with Crippen LogP contribution in [0.3, 0.4) is 0 Å². The zero-order chi connectivity index (χ0) is 17.5. The van der Waals surface area contributed by atoms with Crippen LogP contribution >= 0.6 is 0 Å². The Bertz CT molecular complexity index is 653. The standard InChI is InChI=1S/C18H26N4O2/c1-13(2)8-15(6-7-23)10-20-18(24)16-4-5-17(14(3)9-16)22-12-19-11-21-22/h4-5,9,11-13,15,23H,6-8,10H2,1-3H3,(H,20,24). The van der Waals surface area contributed by atoms with E-state index in [1.807, 2.05) is 19.1 Å². The molecule has 0 spiro atoms. The maximum absolute atomic E-state index is 12.4. The van der Waals surface area contributed by atoms with Crippen molar-refractivity contribution in [2.45, 2.75) is 33.6 Å². The molecule has 24 heavy (non-hydrogen) atoms. The second-order valence-electron chi connectivity index (χ2n) is 6.56. The van der Waals surface area contributed by atoms with Crippen LogP contribution in [0.5, 0.6) is 0 Å². The number of rotatable bonds is 8. The van der Waals surface area contributed by atoms with Crippen LogP contribution in [0.4, 0.5) is 0 Å². The Morgan fingerprint density at radius 3 is 2.75 bits per heavy atom. The number of hydrogen-bond donors (Lipinski definition) is 2. The molecule has 0 aliphatic heterocycles. The Morgan fingerprint density at radius 1 is 1.38 bits per heavy atom. The monoisotopic (exact) mass is 330 g/mol. The summed E-state index contributed by atoms with van der Waals surface area (Å²) in [5.41, 5.74) is 2.49. The van der Waals surface area contributed by atoms with Crippen molar-refractivity contribution in [2.24, 2.45) is 11.8 Å². The minimum Gasteiger partial charge on any atom is -0.396 e. The van der Waals surface area contributed by atoms with E-state index in [2.05, 4.69) is 29.2 Å².